The second-order valence-electron chi connectivity index (χ2n) is 8.81. The third kappa shape index (κ3) is 4.34. The van der Waals surface area contributed by atoms with Crippen LogP contribution in [0.4, 0.5) is 0 Å². The highest BCUT2D eigenvalue weighted by Gasteiger charge is 2.46. The SMILES string of the molecule is CCCCCN1C(=O)C(=O)/C(=C(/O)c2ccc3c(c2)CC(C)O3)C1c1ccc(O)c(OCC)c1. The van der Waals surface area contributed by atoms with Gasteiger partial charge in [0.05, 0.1) is 18.2 Å². The second-order valence-corrected chi connectivity index (χ2v) is 8.81. The van der Waals surface area contributed by atoms with E-state index in [1.807, 2.05) is 13.0 Å². The number of rotatable bonds is 8. The number of aliphatic hydroxyl groups excluding tert-OH is 1. The third-order valence-electron chi connectivity index (χ3n) is 6.31. The zero-order chi connectivity index (χ0) is 24.4. The van der Waals surface area contributed by atoms with Crippen LogP contribution in [0.5, 0.6) is 17.2 Å². The van der Waals surface area contributed by atoms with Crippen LogP contribution < -0.4 is 9.47 Å². The number of hydrogen-bond donors (Lipinski definition) is 2. The van der Waals surface area contributed by atoms with E-state index in [2.05, 4.69) is 6.92 Å². The summed E-state index contributed by atoms with van der Waals surface area (Å²) >= 11 is 0. The molecule has 2 aliphatic heterocycles. The number of phenols is 1. The molecule has 0 saturated carbocycles. The van der Waals surface area contributed by atoms with E-state index in [-0.39, 0.29) is 28.9 Å². The molecule has 0 spiro atoms. The van der Waals surface area contributed by atoms with Gasteiger partial charge in [-0.3, -0.25) is 9.59 Å². The topological polar surface area (TPSA) is 96.3 Å². The van der Waals surface area contributed by atoms with Gasteiger partial charge >= 0.3 is 0 Å². The fourth-order valence-corrected chi connectivity index (χ4v) is 4.69. The van der Waals surface area contributed by atoms with Gasteiger partial charge in [0, 0.05) is 18.5 Å². The van der Waals surface area contributed by atoms with E-state index >= 15 is 0 Å². The second kappa shape index (κ2) is 9.79. The lowest BCUT2D eigenvalue weighted by molar-refractivity contribution is -0.139. The summed E-state index contributed by atoms with van der Waals surface area (Å²) in [5, 5.41) is 21.5. The minimum atomic E-state index is -0.778. The first-order chi connectivity index (χ1) is 16.3. The Morgan fingerprint density at radius 1 is 1.15 bits per heavy atom. The van der Waals surface area contributed by atoms with Gasteiger partial charge in [-0.2, -0.15) is 0 Å². The zero-order valence-electron chi connectivity index (χ0n) is 19.8. The van der Waals surface area contributed by atoms with Crippen molar-refractivity contribution >= 4 is 17.4 Å². The molecule has 4 rings (SSSR count). The van der Waals surface area contributed by atoms with E-state index in [1.165, 1.54) is 11.0 Å². The molecule has 2 atom stereocenters. The number of ketones is 1. The molecule has 34 heavy (non-hydrogen) atoms. The van der Waals surface area contributed by atoms with E-state index < -0.39 is 17.7 Å². The molecule has 2 aromatic rings. The highest BCUT2D eigenvalue weighted by molar-refractivity contribution is 6.46. The van der Waals surface area contributed by atoms with Crippen molar-refractivity contribution in [3.05, 3.63) is 58.7 Å². The fraction of sp³-hybridized carbons (Fsp3) is 0.407. The van der Waals surface area contributed by atoms with Crippen molar-refractivity contribution in [3.63, 3.8) is 0 Å². The predicted octanol–water partition coefficient (Wildman–Crippen LogP) is 4.73. The van der Waals surface area contributed by atoms with Crippen LogP contribution in [0.2, 0.25) is 0 Å². The van der Waals surface area contributed by atoms with Crippen molar-refractivity contribution in [3.8, 4) is 17.2 Å². The Kier molecular flexibility index (Phi) is 6.82. The van der Waals surface area contributed by atoms with Gasteiger partial charge < -0.3 is 24.6 Å². The number of Topliss-reactive ketones (excluding diaryl/α,β-unsaturated/α-hetero) is 1. The predicted molar refractivity (Wildman–Crippen MR) is 128 cm³/mol. The monoisotopic (exact) mass is 465 g/mol. The molecule has 0 aliphatic carbocycles. The minimum Gasteiger partial charge on any atom is -0.507 e. The summed E-state index contributed by atoms with van der Waals surface area (Å²) in [4.78, 5) is 27.8. The normalized spacial score (nSPS) is 21.0. The summed E-state index contributed by atoms with van der Waals surface area (Å²) < 4.78 is 11.3. The zero-order valence-corrected chi connectivity index (χ0v) is 19.8. The summed E-state index contributed by atoms with van der Waals surface area (Å²) in [5.74, 6) is -0.554. The van der Waals surface area contributed by atoms with Gasteiger partial charge in [0.25, 0.3) is 11.7 Å². The minimum absolute atomic E-state index is 0.0266. The maximum absolute atomic E-state index is 13.2. The number of nitrogens with zero attached hydrogens (tertiary/aromatic N) is 1. The molecule has 2 aliphatic rings. The van der Waals surface area contributed by atoms with E-state index in [9.17, 15) is 19.8 Å². The summed E-state index contributed by atoms with van der Waals surface area (Å²) in [6, 6.07) is 9.31. The first-order valence-corrected chi connectivity index (χ1v) is 11.9. The number of ether oxygens (including phenoxy) is 2. The van der Waals surface area contributed by atoms with Crippen LogP contribution in [-0.2, 0) is 16.0 Å². The van der Waals surface area contributed by atoms with Crippen molar-refractivity contribution in [2.75, 3.05) is 13.2 Å². The van der Waals surface area contributed by atoms with Crippen LogP contribution >= 0.6 is 0 Å². The summed E-state index contributed by atoms with van der Waals surface area (Å²) in [6.07, 6.45) is 3.38. The highest BCUT2D eigenvalue weighted by atomic mass is 16.5. The number of likely N-dealkylation sites (tertiary alicyclic amines) is 1. The Labute approximate surface area is 199 Å². The molecular formula is C27H31NO6. The van der Waals surface area contributed by atoms with Crippen LogP contribution in [0, 0.1) is 0 Å². The molecule has 2 heterocycles. The molecule has 1 fully saturated rings. The van der Waals surface area contributed by atoms with Crippen molar-refractivity contribution in [1.29, 1.82) is 0 Å². The lowest BCUT2D eigenvalue weighted by Gasteiger charge is -2.26. The molecule has 2 aromatic carbocycles. The van der Waals surface area contributed by atoms with Crippen LogP contribution in [0.15, 0.2) is 42.0 Å². The Morgan fingerprint density at radius 3 is 2.68 bits per heavy atom. The molecule has 0 radical (unpaired) electrons. The number of aromatic hydroxyl groups is 1. The first kappa shape index (κ1) is 23.7. The largest absolute Gasteiger partial charge is 0.507 e. The average molecular weight is 466 g/mol. The number of fused-ring (bicyclic) bond motifs is 1. The van der Waals surface area contributed by atoms with Gasteiger partial charge in [0.2, 0.25) is 0 Å². The molecule has 180 valence electrons. The van der Waals surface area contributed by atoms with Crippen molar-refractivity contribution in [1.82, 2.24) is 4.90 Å². The molecule has 0 bridgehead atoms. The van der Waals surface area contributed by atoms with Gasteiger partial charge in [-0.05, 0) is 61.7 Å². The standard InChI is InChI=1S/C27H31NO6/c1-4-6-7-12-28-24(17-8-10-20(29)22(15-17)33-5-2)23(26(31)27(28)32)25(30)18-9-11-21-19(14-18)13-16(3)34-21/h8-11,14-16,24,29-30H,4-7,12-13H2,1-3H3/b25-23+. The lowest BCUT2D eigenvalue weighted by atomic mass is 9.94. The smallest absolute Gasteiger partial charge is 0.295 e. The average Bonchev–Trinajstić information content (AvgIpc) is 3.31. The number of carbonyl (C=O) groups excluding carboxylic acids is 2. The quantitative estimate of drug-likeness (QED) is 0.253. The maximum atomic E-state index is 13.2. The van der Waals surface area contributed by atoms with Gasteiger partial charge in [-0.25, -0.2) is 0 Å². The van der Waals surface area contributed by atoms with Crippen LogP contribution in [0.25, 0.3) is 5.76 Å². The number of unbranched alkanes of at least 4 members (excludes halogenated alkanes) is 2. The Bertz CT molecular complexity index is 1140. The Hall–Kier alpha value is -3.48. The molecule has 1 amide bonds. The Morgan fingerprint density at radius 2 is 1.94 bits per heavy atom. The molecule has 7 heteroatoms. The van der Waals surface area contributed by atoms with Gasteiger partial charge in [0.15, 0.2) is 11.5 Å². The molecule has 0 aromatic heterocycles. The van der Waals surface area contributed by atoms with Crippen LogP contribution in [-0.4, -0.2) is 46.1 Å². The summed E-state index contributed by atoms with van der Waals surface area (Å²) in [6.45, 7) is 6.59. The van der Waals surface area contributed by atoms with Crippen molar-refractivity contribution < 1.29 is 29.3 Å². The van der Waals surface area contributed by atoms with E-state index in [0.717, 1.165) is 30.6 Å². The molecule has 2 unspecified atom stereocenters. The van der Waals surface area contributed by atoms with Gasteiger partial charge in [0.1, 0.15) is 17.6 Å². The molecule has 7 nitrogen and oxygen atoms in total. The molecular weight excluding hydrogens is 434 g/mol. The summed E-state index contributed by atoms with van der Waals surface area (Å²) in [5.41, 5.74) is 2.06. The van der Waals surface area contributed by atoms with Crippen molar-refractivity contribution in [2.45, 2.75) is 58.6 Å². The number of amides is 1. The number of aliphatic hydroxyl groups is 1. The molecule has 1 saturated heterocycles. The van der Waals surface area contributed by atoms with Gasteiger partial charge in [-0.15, -0.1) is 0 Å². The van der Waals surface area contributed by atoms with Gasteiger partial charge in [-0.1, -0.05) is 25.8 Å². The van der Waals surface area contributed by atoms with Crippen molar-refractivity contribution in [2.24, 2.45) is 0 Å². The number of carbonyl (C=O) groups is 2. The lowest BCUT2D eigenvalue weighted by Crippen LogP contribution is -2.30. The Balaban J connectivity index is 1.82. The fourth-order valence-electron chi connectivity index (χ4n) is 4.69. The summed E-state index contributed by atoms with van der Waals surface area (Å²) in [7, 11) is 0. The van der Waals surface area contributed by atoms with E-state index in [4.69, 9.17) is 9.47 Å². The number of benzene rings is 2. The number of phenolic OH excluding ortho intramolecular Hbond substituents is 1. The highest BCUT2D eigenvalue weighted by Crippen LogP contribution is 2.42. The third-order valence-corrected chi connectivity index (χ3v) is 6.31. The maximum Gasteiger partial charge on any atom is 0.295 e. The van der Waals surface area contributed by atoms with E-state index in [1.54, 1.807) is 31.2 Å². The number of hydrogen-bond acceptors (Lipinski definition) is 6. The van der Waals surface area contributed by atoms with Crippen LogP contribution in [0.3, 0.4) is 0 Å². The van der Waals surface area contributed by atoms with E-state index in [0.29, 0.717) is 30.7 Å². The first-order valence-electron chi connectivity index (χ1n) is 11.9. The van der Waals surface area contributed by atoms with Crippen LogP contribution in [0.1, 0.15) is 62.8 Å². The molecule has 2 N–H and O–H groups in total.